The summed E-state index contributed by atoms with van der Waals surface area (Å²) in [5, 5.41) is 0. The predicted octanol–water partition coefficient (Wildman–Crippen LogP) is 2.98. The number of carbonyl (C=O) groups excluding carboxylic acids is 2. The molecule has 0 amide bonds. The van der Waals surface area contributed by atoms with Gasteiger partial charge in [-0.15, -0.1) is 0 Å². The van der Waals surface area contributed by atoms with Gasteiger partial charge in [-0.25, -0.2) is 4.79 Å². The number of carbonyl (C=O) groups is 2. The summed E-state index contributed by atoms with van der Waals surface area (Å²) in [6.45, 7) is 1.58. The lowest BCUT2D eigenvalue weighted by Gasteiger charge is -2.10. The standard InChI is InChI=1S/C17H16O5/c1-12(18)22-15-9-7-14(8-10-15)21-11-13-5-3-4-6-16(13)17(19)20-2/h3-10H,11H2,1-2H3. The first-order valence-electron chi connectivity index (χ1n) is 6.67. The van der Waals surface area contributed by atoms with E-state index in [0.29, 0.717) is 17.1 Å². The zero-order valence-corrected chi connectivity index (χ0v) is 12.4. The van der Waals surface area contributed by atoms with Crippen molar-refractivity contribution in [1.82, 2.24) is 0 Å². The molecule has 0 aliphatic rings. The third kappa shape index (κ3) is 4.09. The second-order valence-corrected chi connectivity index (χ2v) is 4.50. The number of hydrogen-bond donors (Lipinski definition) is 0. The van der Waals surface area contributed by atoms with Gasteiger partial charge in [-0.05, 0) is 30.3 Å². The van der Waals surface area contributed by atoms with Gasteiger partial charge in [0.1, 0.15) is 18.1 Å². The van der Waals surface area contributed by atoms with Crippen LogP contribution in [0, 0.1) is 0 Å². The van der Waals surface area contributed by atoms with Crippen LogP contribution in [0.25, 0.3) is 0 Å². The molecule has 0 atom stereocenters. The fourth-order valence-electron chi connectivity index (χ4n) is 1.89. The highest BCUT2D eigenvalue weighted by Crippen LogP contribution is 2.20. The second-order valence-electron chi connectivity index (χ2n) is 4.50. The van der Waals surface area contributed by atoms with E-state index in [1.54, 1.807) is 42.5 Å². The van der Waals surface area contributed by atoms with Crippen LogP contribution in [0.3, 0.4) is 0 Å². The Kier molecular flexibility index (Phi) is 5.14. The molecule has 5 heteroatoms. The highest BCUT2D eigenvalue weighted by Gasteiger charge is 2.11. The van der Waals surface area contributed by atoms with E-state index in [1.165, 1.54) is 14.0 Å². The topological polar surface area (TPSA) is 61.8 Å². The summed E-state index contributed by atoms with van der Waals surface area (Å²) in [6, 6.07) is 13.8. The first-order valence-corrected chi connectivity index (χ1v) is 6.67. The number of benzene rings is 2. The van der Waals surface area contributed by atoms with E-state index in [0.717, 1.165) is 5.56 Å². The van der Waals surface area contributed by atoms with E-state index in [2.05, 4.69) is 0 Å². The van der Waals surface area contributed by atoms with Crippen LogP contribution in [-0.2, 0) is 16.1 Å². The Hall–Kier alpha value is -2.82. The van der Waals surface area contributed by atoms with Crippen molar-refractivity contribution in [3.8, 4) is 11.5 Å². The van der Waals surface area contributed by atoms with Crippen LogP contribution in [0.5, 0.6) is 11.5 Å². The summed E-state index contributed by atoms with van der Waals surface area (Å²) < 4.78 is 15.3. The first kappa shape index (κ1) is 15.6. The molecule has 0 fully saturated rings. The van der Waals surface area contributed by atoms with Crippen molar-refractivity contribution in [2.45, 2.75) is 13.5 Å². The molecule has 0 heterocycles. The average Bonchev–Trinajstić information content (AvgIpc) is 2.53. The summed E-state index contributed by atoms with van der Waals surface area (Å²) in [5.41, 5.74) is 1.21. The molecule has 0 aromatic heterocycles. The maximum atomic E-state index is 11.7. The molecule has 0 bridgehead atoms. The molecule has 0 aliphatic carbocycles. The van der Waals surface area contributed by atoms with Crippen LogP contribution in [0.15, 0.2) is 48.5 Å². The van der Waals surface area contributed by atoms with Crippen molar-refractivity contribution in [3.63, 3.8) is 0 Å². The minimum Gasteiger partial charge on any atom is -0.489 e. The van der Waals surface area contributed by atoms with Crippen LogP contribution < -0.4 is 9.47 Å². The molecule has 5 nitrogen and oxygen atoms in total. The van der Waals surface area contributed by atoms with Gasteiger partial charge in [0.25, 0.3) is 0 Å². The van der Waals surface area contributed by atoms with Crippen LogP contribution in [0.1, 0.15) is 22.8 Å². The van der Waals surface area contributed by atoms with Crippen molar-refractivity contribution in [3.05, 3.63) is 59.7 Å². The Balaban J connectivity index is 2.04. The van der Waals surface area contributed by atoms with E-state index >= 15 is 0 Å². The largest absolute Gasteiger partial charge is 0.489 e. The van der Waals surface area contributed by atoms with Crippen molar-refractivity contribution in [2.75, 3.05) is 7.11 Å². The highest BCUT2D eigenvalue weighted by molar-refractivity contribution is 5.90. The average molecular weight is 300 g/mol. The van der Waals surface area contributed by atoms with Gasteiger partial charge in [0.05, 0.1) is 12.7 Å². The molecule has 0 N–H and O–H groups in total. The minimum absolute atomic E-state index is 0.234. The normalized spacial score (nSPS) is 9.91. The summed E-state index contributed by atoms with van der Waals surface area (Å²) in [7, 11) is 1.34. The monoisotopic (exact) mass is 300 g/mol. The van der Waals surface area contributed by atoms with Crippen LogP contribution in [-0.4, -0.2) is 19.0 Å². The van der Waals surface area contributed by atoms with E-state index in [9.17, 15) is 9.59 Å². The molecular weight excluding hydrogens is 284 g/mol. The van der Waals surface area contributed by atoms with E-state index < -0.39 is 5.97 Å². The molecule has 0 radical (unpaired) electrons. The number of ether oxygens (including phenoxy) is 3. The molecule has 2 aromatic rings. The molecule has 114 valence electrons. The molecule has 2 aromatic carbocycles. The van der Waals surface area contributed by atoms with Crippen molar-refractivity contribution in [2.24, 2.45) is 0 Å². The Morgan fingerprint density at radius 3 is 2.23 bits per heavy atom. The molecule has 0 spiro atoms. The molecule has 0 saturated heterocycles. The van der Waals surface area contributed by atoms with Crippen LogP contribution in [0.4, 0.5) is 0 Å². The molecule has 22 heavy (non-hydrogen) atoms. The van der Waals surface area contributed by atoms with Gasteiger partial charge in [0.2, 0.25) is 0 Å². The Morgan fingerprint density at radius 1 is 0.955 bits per heavy atom. The van der Waals surface area contributed by atoms with Gasteiger partial charge in [0.15, 0.2) is 0 Å². The fraction of sp³-hybridized carbons (Fsp3) is 0.176. The molecule has 0 saturated carbocycles. The smallest absolute Gasteiger partial charge is 0.338 e. The van der Waals surface area contributed by atoms with Gasteiger partial charge >= 0.3 is 11.9 Å². The highest BCUT2D eigenvalue weighted by atomic mass is 16.5. The lowest BCUT2D eigenvalue weighted by Crippen LogP contribution is -2.07. The van der Waals surface area contributed by atoms with E-state index in [-0.39, 0.29) is 12.6 Å². The third-order valence-corrected chi connectivity index (χ3v) is 2.90. The predicted molar refractivity (Wildman–Crippen MR) is 79.9 cm³/mol. The van der Waals surface area contributed by atoms with Gasteiger partial charge in [0, 0.05) is 12.5 Å². The number of hydrogen-bond acceptors (Lipinski definition) is 5. The Morgan fingerprint density at radius 2 is 1.59 bits per heavy atom. The quantitative estimate of drug-likeness (QED) is 0.627. The number of methoxy groups -OCH3 is 1. The summed E-state index contributed by atoms with van der Waals surface area (Å²) >= 11 is 0. The minimum atomic E-state index is -0.399. The molecule has 0 unspecified atom stereocenters. The second kappa shape index (κ2) is 7.26. The van der Waals surface area contributed by atoms with Gasteiger partial charge in [-0.3, -0.25) is 4.79 Å². The van der Waals surface area contributed by atoms with E-state index in [4.69, 9.17) is 14.2 Å². The summed E-state index contributed by atoms with van der Waals surface area (Å²) in [4.78, 5) is 22.5. The SMILES string of the molecule is COC(=O)c1ccccc1COc1ccc(OC(C)=O)cc1. The lowest BCUT2D eigenvalue weighted by atomic mass is 10.1. The molecular formula is C17H16O5. The van der Waals surface area contributed by atoms with Crippen molar-refractivity contribution < 1.29 is 23.8 Å². The van der Waals surface area contributed by atoms with Gasteiger partial charge in [-0.2, -0.15) is 0 Å². The number of esters is 2. The maximum Gasteiger partial charge on any atom is 0.338 e. The molecule has 2 rings (SSSR count). The van der Waals surface area contributed by atoms with E-state index in [1.807, 2.05) is 6.07 Å². The lowest BCUT2D eigenvalue weighted by molar-refractivity contribution is -0.131. The van der Waals surface area contributed by atoms with Gasteiger partial charge < -0.3 is 14.2 Å². The zero-order valence-electron chi connectivity index (χ0n) is 12.4. The first-order chi connectivity index (χ1) is 10.6. The van der Waals surface area contributed by atoms with Crippen LogP contribution in [0.2, 0.25) is 0 Å². The summed E-state index contributed by atoms with van der Waals surface area (Å²) in [5.74, 6) is 0.287. The van der Waals surface area contributed by atoms with Crippen LogP contribution >= 0.6 is 0 Å². The van der Waals surface area contributed by atoms with Gasteiger partial charge in [-0.1, -0.05) is 18.2 Å². The van der Waals surface area contributed by atoms with Crippen molar-refractivity contribution in [1.29, 1.82) is 0 Å². The number of rotatable bonds is 5. The Bertz CT molecular complexity index is 661. The maximum absolute atomic E-state index is 11.7. The third-order valence-electron chi connectivity index (χ3n) is 2.90. The molecule has 0 aliphatic heterocycles. The Labute approximate surface area is 128 Å². The zero-order chi connectivity index (χ0) is 15.9. The summed E-state index contributed by atoms with van der Waals surface area (Å²) in [6.07, 6.45) is 0. The van der Waals surface area contributed by atoms with Crippen molar-refractivity contribution >= 4 is 11.9 Å². The fourth-order valence-corrected chi connectivity index (χ4v) is 1.89.